The normalized spacial score (nSPS) is 14.4. The fourth-order valence-corrected chi connectivity index (χ4v) is 5.53. The van der Waals surface area contributed by atoms with E-state index in [2.05, 4.69) is 15.6 Å². The highest BCUT2D eigenvalue weighted by Gasteiger charge is 2.40. The molecular formula is C37H47F3N6O9. The molecule has 0 radical (unpaired) electrons. The number of ether oxygens (including phenoxy) is 3. The molecule has 0 spiro atoms. The average Bonchev–Trinajstić information content (AvgIpc) is 3.60. The molecule has 2 aliphatic heterocycles. The number of nitrogens with one attached hydrogen (secondary N) is 2. The Hall–Kier alpha value is -5.39. The first-order valence-electron chi connectivity index (χ1n) is 17.7. The Morgan fingerprint density at radius 3 is 1.82 bits per heavy atom. The second kappa shape index (κ2) is 17.8. The van der Waals surface area contributed by atoms with E-state index in [1.54, 1.807) is 71.9 Å². The highest BCUT2D eigenvalue weighted by molar-refractivity contribution is 6.20. The van der Waals surface area contributed by atoms with Crippen LogP contribution in [0.4, 0.5) is 22.8 Å². The highest BCUT2D eigenvalue weighted by Crippen LogP contribution is 2.29. The Labute approximate surface area is 317 Å². The smallest absolute Gasteiger partial charge is 0.473 e. The zero-order chi connectivity index (χ0) is 40.6. The van der Waals surface area contributed by atoms with Crippen LogP contribution in [0.25, 0.3) is 0 Å². The topological polar surface area (TPSA) is 168 Å². The van der Waals surface area contributed by atoms with Crippen LogP contribution < -0.4 is 15.4 Å². The number of guanidine groups is 1. The van der Waals surface area contributed by atoms with Crippen LogP contribution in [0.1, 0.15) is 86.2 Å². The predicted octanol–water partition coefficient (Wildman–Crippen LogP) is 5.19. The summed E-state index contributed by atoms with van der Waals surface area (Å²) in [5.41, 5.74) is 0.458. The van der Waals surface area contributed by atoms with Gasteiger partial charge < -0.3 is 34.6 Å². The number of alkyl halides is 3. The largest absolute Gasteiger partial charge is 0.491 e. The number of benzene rings is 2. The van der Waals surface area contributed by atoms with Gasteiger partial charge in [-0.3, -0.25) is 19.2 Å². The molecule has 0 fully saturated rings. The maximum atomic E-state index is 13.6. The number of hydroxylamine groups is 2. The molecule has 5 amide bonds. The van der Waals surface area contributed by atoms with Crippen LogP contribution in [-0.2, 0) is 32.2 Å². The molecule has 2 aliphatic rings. The summed E-state index contributed by atoms with van der Waals surface area (Å²) in [6.07, 6.45) is -6.07. The van der Waals surface area contributed by atoms with E-state index in [0.717, 1.165) is 5.56 Å². The van der Waals surface area contributed by atoms with Gasteiger partial charge in [0.15, 0.2) is 0 Å². The van der Waals surface area contributed by atoms with Crippen LogP contribution >= 0.6 is 0 Å². The van der Waals surface area contributed by atoms with Gasteiger partial charge in [0.2, 0.25) is 5.96 Å². The fraction of sp³-hybridized carbons (Fsp3) is 0.514. The van der Waals surface area contributed by atoms with Gasteiger partial charge in [0.1, 0.15) is 30.2 Å². The number of alkyl carbamates (subject to hydrolysis) is 2. The standard InChI is InChI=1S/C37H47F3N6O9/c1-35(2,3)54-33(50)41-15-9-17-44(18-10-16-42-34(51)55-36(4,5)6)32(43-31(49)37(38,39)40)45-22-24-13-14-26(21-25(24)23-45)52-19-20-53-46-29(47)27-11-7-8-12-28(27)30(46)48/h7-8,11-14,21H,9-10,15-20,22-23H2,1-6H3,(H,41,50)(H,42,51)/b43-32-. The maximum Gasteiger partial charge on any atom is 0.473 e. The molecule has 300 valence electrons. The molecular weight excluding hydrogens is 729 g/mol. The van der Waals surface area contributed by atoms with Gasteiger partial charge in [-0.1, -0.05) is 18.2 Å². The van der Waals surface area contributed by atoms with E-state index in [4.69, 9.17) is 19.0 Å². The predicted molar refractivity (Wildman–Crippen MR) is 192 cm³/mol. The number of halogens is 3. The zero-order valence-corrected chi connectivity index (χ0v) is 31.7. The maximum absolute atomic E-state index is 13.6. The number of rotatable bonds is 13. The summed E-state index contributed by atoms with van der Waals surface area (Å²) >= 11 is 0. The molecule has 2 aromatic carbocycles. The molecule has 15 nitrogen and oxygen atoms in total. The van der Waals surface area contributed by atoms with E-state index in [1.807, 2.05) is 0 Å². The van der Waals surface area contributed by atoms with Crippen molar-refractivity contribution in [2.75, 3.05) is 39.4 Å². The van der Waals surface area contributed by atoms with Crippen LogP contribution in [0.3, 0.4) is 0 Å². The number of carbonyl (C=O) groups is 5. The third-order valence-electron chi connectivity index (χ3n) is 7.79. The van der Waals surface area contributed by atoms with Crippen molar-refractivity contribution in [3.63, 3.8) is 0 Å². The van der Waals surface area contributed by atoms with Crippen LogP contribution in [0.15, 0.2) is 47.5 Å². The lowest BCUT2D eigenvalue weighted by Crippen LogP contribution is -2.45. The Balaban J connectivity index is 1.44. The number of amides is 5. The Morgan fingerprint density at radius 2 is 1.31 bits per heavy atom. The van der Waals surface area contributed by atoms with Crippen molar-refractivity contribution in [2.45, 2.75) is 84.9 Å². The van der Waals surface area contributed by atoms with Crippen LogP contribution in [-0.4, -0.2) is 108 Å². The molecule has 18 heteroatoms. The first-order chi connectivity index (χ1) is 25.7. The molecule has 0 unspecified atom stereocenters. The summed E-state index contributed by atoms with van der Waals surface area (Å²) in [7, 11) is 0. The molecule has 0 saturated heterocycles. The monoisotopic (exact) mass is 776 g/mol. The van der Waals surface area contributed by atoms with E-state index in [0.29, 0.717) is 16.4 Å². The number of fused-ring (bicyclic) bond motifs is 2. The van der Waals surface area contributed by atoms with E-state index in [-0.39, 0.29) is 82.4 Å². The number of hydrogen-bond acceptors (Lipinski definition) is 9. The second-order valence-electron chi connectivity index (χ2n) is 14.7. The minimum atomic E-state index is -5.24. The van der Waals surface area contributed by atoms with Crippen LogP contribution in [0.5, 0.6) is 5.75 Å². The molecule has 2 aromatic rings. The Morgan fingerprint density at radius 1 is 0.782 bits per heavy atom. The van der Waals surface area contributed by atoms with E-state index < -0.39 is 47.3 Å². The van der Waals surface area contributed by atoms with Crippen LogP contribution in [0, 0.1) is 0 Å². The third-order valence-corrected chi connectivity index (χ3v) is 7.79. The van der Waals surface area contributed by atoms with E-state index in [1.165, 1.54) is 21.9 Å². The summed E-state index contributed by atoms with van der Waals surface area (Å²) in [6.45, 7) is 10.7. The summed E-state index contributed by atoms with van der Waals surface area (Å²) < 4.78 is 57.1. The molecule has 4 rings (SSSR count). The van der Waals surface area contributed by atoms with Crippen molar-refractivity contribution in [2.24, 2.45) is 4.99 Å². The first kappa shape index (κ1) is 42.4. The fourth-order valence-electron chi connectivity index (χ4n) is 5.53. The van der Waals surface area contributed by atoms with Gasteiger partial charge in [0, 0.05) is 39.3 Å². The molecule has 0 saturated carbocycles. The van der Waals surface area contributed by atoms with Gasteiger partial charge in [-0.25, -0.2) is 9.59 Å². The lowest BCUT2D eigenvalue weighted by Gasteiger charge is -2.32. The molecule has 2 N–H and O–H groups in total. The van der Waals surface area contributed by atoms with Crippen molar-refractivity contribution in [3.8, 4) is 5.75 Å². The summed E-state index contributed by atoms with van der Waals surface area (Å²) in [6, 6.07) is 11.4. The van der Waals surface area contributed by atoms with Gasteiger partial charge >= 0.3 is 24.3 Å². The van der Waals surface area contributed by atoms with Crippen LogP contribution in [0.2, 0.25) is 0 Å². The second-order valence-corrected chi connectivity index (χ2v) is 14.7. The van der Waals surface area contributed by atoms with Gasteiger partial charge in [0.25, 0.3) is 11.8 Å². The van der Waals surface area contributed by atoms with Gasteiger partial charge in [-0.15, -0.1) is 5.06 Å². The minimum Gasteiger partial charge on any atom is -0.491 e. The van der Waals surface area contributed by atoms with Crippen molar-refractivity contribution < 1.29 is 56.2 Å². The van der Waals surface area contributed by atoms with Gasteiger partial charge in [0.05, 0.1) is 11.1 Å². The van der Waals surface area contributed by atoms with E-state index in [9.17, 15) is 37.1 Å². The van der Waals surface area contributed by atoms with Crippen molar-refractivity contribution >= 4 is 35.9 Å². The third kappa shape index (κ3) is 12.6. The summed E-state index contributed by atoms with van der Waals surface area (Å²) in [4.78, 5) is 73.8. The average molecular weight is 777 g/mol. The minimum absolute atomic E-state index is 0.0366. The number of carbonyl (C=O) groups excluding carboxylic acids is 5. The van der Waals surface area contributed by atoms with Crippen molar-refractivity contribution in [1.29, 1.82) is 0 Å². The molecule has 0 aromatic heterocycles. The first-order valence-corrected chi connectivity index (χ1v) is 17.7. The van der Waals surface area contributed by atoms with E-state index >= 15 is 0 Å². The Kier molecular flexibility index (Phi) is 13.7. The molecule has 0 atom stereocenters. The quantitative estimate of drug-likeness (QED) is 0.119. The summed E-state index contributed by atoms with van der Waals surface area (Å²) in [5.74, 6) is -3.27. The summed E-state index contributed by atoms with van der Waals surface area (Å²) in [5, 5.41) is 5.92. The SMILES string of the molecule is CC(C)(C)OC(=O)NCCCN(CCCNC(=O)OC(C)(C)C)/C(=N/C(=O)C(F)(F)F)N1Cc2ccc(OCCON3C(=O)c4ccccc4C3=O)cc2C1. The lowest BCUT2D eigenvalue weighted by molar-refractivity contribution is -0.169. The number of hydrogen-bond donors (Lipinski definition) is 2. The van der Waals surface area contributed by atoms with Gasteiger partial charge in [-0.2, -0.15) is 18.2 Å². The van der Waals surface area contributed by atoms with Crippen molar-refractivity contribution in [3.05, 3.63) is 64.7 Å². The lowest BCUT2D eigenvalue weighted by atomic mass is 10.1. The molecule has 0 aliphatic carbocycles. The van der Waals surface area contributed by atoms with Gasteiger partial charge in [-0.05, 0) is 89.8 Å². The molecule has 55 heavy (non-hydrogen) atoms. The Bertz CT molecular complexity index is 1700. The molecule has 2 heterocycles. The number of imide groups is 1. The molecule has 0 bridgehead atoms. The number of aliphatic imine (C=N–C) groups is 1. The van der Waals surface area contributed by atoms with Crippen molar-refractivity contribution in [1.82, 2.24) is 25.5 Å². The highest BCUT2D eigenvalue weighted by atomic mass is 19.4. The number of nitrogens with zero attached hydrogens (tertiary/aromatic N) is 4. The zero-order valence-electron chi connectivity index (χ0n) is 31.7.